The molecule has 126 valence electrons. The molecule has 2 N–H and O–H groups in total. The van der Waals surface area contributed by atoms with E-state index in [4.69, 9.17) is 9.47 Å². The summed E-state index contributed by atoms with van der Waals surface area (Å²) in [5.74, 6) is 1.81. The van der Waals surface area contributed by atoms with Crippen LogP contribution in [-0.4, -0.2) is 43.9 Å². The molecule has 23 heavy (non-hydrogen) atoms. The standard InChI is InChI=1S/C18H27N3O2/c1-2-19-18(21-16-13-15-9-10-17(16)23-15)20-11-6-12-22-14-7-4-3-5-8-14/h3-5,7-8,15-17H,2,6,9-13H2,1H3,(H2,19,20,21). The number of rotatable bonds is 7. The Hall–Kier alpha value is -1.75. The van der Waals surface area contributed by atoms with Crippen LogP contribution in [-0.2, 0) is 4.74 Å². The molecule has 5 heteroatoms. The van der Waals surface area contributed by atoms with E-state index in [2.05, 4.69) is 22.5 Å². The van der Waals surface area contributed by atoms with Gasteiger partial charge in [-0.05, 0) is 38.3 Å². The molecule has 1 aromatic carbocycles. The third-order valence-corrected chi connectivity index (χ3v) is 4.36. The normalized spacial score (nSPS) is 26.3. The molecule has 0 amide bonds. The first kappa shape index (κ1) is 16.1. The summed E-state index contributed by atoms with van der Waals surface area (Å²) in [6.07, 6.45) is 5.22. The molecule has 0 saturated carbocycles. The summed E-state index contributed by atoms with van der Waals surface area (Å²) < 4.78 is 11.6. The lowest BCUT2D eigenvalue weighted by Crippen LogP contribution is -2.47. The van der Waals surface area contributed by atoms with Crippen LogP contribution in [0, 0.1) is 0 Å². The van der Waals surface area contributed by atoms with Gasteiger partial charge < -0.3 is 20.1 Å². The van der Waals surface area contributed by atoms with Gasteiger partial charge in [-0.3, -0.25) is 4.99 Å². The molecule has 2 bridgehead atoms. The molecule has 3 rings (SSSR count). The van der Waals surface area contributed by atoms with E-state index in [1.165, 1.54) is 12.8 Å². The summed E-state index contributed by atoms with van der Waals surface area (Å²) >= 11 is 0. The molecular formula is C18H27N3O2. The molecule has 2 aliphatic rings. The Labute approximate surface area is 138 Å². The minimum Gasteiger partial charge on any atom is -0.494 e. The van der Waals surface area contributed by atoms with Crippen LogP contribution in [0.25, 0.3) is 0 Å². The maximum Gasteiger partial charge on any atom is 0.191 e. The number of hydrogen-bond acceptors (Lipinski definition) is 3. The molecule has 5 nitrogen and oxygen atoms in total. The quantitative estimate of drug-likeness (QED) is 0.460. The van der Waals surface area contributed by atoms with Gasteiger partial charge in [0.2, 0.25) is 0 Å². The summed E-state index contributed by atoms with van der Waals surface area (Å²) in [4.78, 5) is 4.65. The van der Waals surface area contributed by atoms with Crippen molar-refractivity contribution in [2.24, 2.45) is 4.99 Å². The van der Waals surface area contributed by atoms with Crippen LogP contribution in [0.4, 0.5) is 0 Å². The lowest BCUT2D eigenvalue weighted by atomic mass is 9.96. The van der Waals surface area contributed by atoms with Crippen LogP contribution in [0.2, 0.25) is 0 Å². The first-order valence-corrected chi connectivity index (χ1v) is 8.73. The van der Waals surface area contributed by atoms with Crippen LogP contribution in [0.5, 0.6) is 5.75 Å². The number of aliphatic imine (C=N–C) groups is 1. The predicted molar refractivity (Wildman–Crippen MR) is 92.0 cm³/mol. The molecule has 3 atom stereocenters. The topological polar surface area (TPSA) is 54.9 Å². The van der Waals surface area contributed by atoms with Crippen LogP contribution in [0.3, 0.4) is 0 Å². The van der Waals surface area contributed by atoms with Crippen molar-refractivity contribution < 1.29 is 9.47 Å². The van der Waals surface area contributed by atoms with Crippen molar-refractivity contribution in [2.75, 3.05) is 19.7 Å². The van der Waals surface area contributed by atoms with Gasteiger partial charge in [0, 0.05) is 19.5 Å². The van der Waals surface area contributed by atoms with E-state index in [1.807, 2.05) is 30.3 Å². The number of para-hydroxylation sites is 1. The summed E-state index contributed by atoms with van der Waals surface area (Å²) in [6.45, 7) is 4.40. The Balaban J connectivity index is 1.40. The SMILES string of the molecule is CCNC(=NCCCOc1ccccc1)NC1CC2CCC1O2. The number of fused-ring (bicyclic) bond motifs is 2. The number of hydrogen-bond donors (Lipinski definition) is 2. The average Bonchev–Trinajstić information content (AvgIpc) is 3.18. The highest BCUT2D eigenvalue weighted by molar-refractivity contribution is 5.80. The zero-order valence-corrected chi connectivity index (χ0v) is 13.8. The van der Waals surface area contributed by atoms with Crippen molar-refractivity contribution in [3.8, 4) is 5.75 Å². The number of nitrogens with zero attached hydrogens (tertiary/aromatic N) is 1. The molecule has 2 fully saturated rings. The maximum atomic E-state index is 5.89. The second-order valence-corrected chi connectivity index (χ2v) is 6.14. The number of nitrogens with one attached hydrogen (secondary N) is 2. The Kier molecular flexibility index (Phi) is 5.75. The molecule has 0 spiro atoms. The summed E-state index contributed by atoms with van der Waals surface area (Å²) in [6, 6.07) is 10.3. The molecule has 1 aromatic rings. The van der Waals surface area contributed by atoms with E-state index in [1.54, 1.807) is 0 Å². The third-order valence-electron chi connectivity index (χ3n) is 4.36. The highest BCUT2D eigenvalue weighted by atomic mass is 16.5. The molecule has 3 unspecified atom stereocenters. The molecule has 2 aliphatic heterocycles. The van der Waals surface area contributed by atoms with Gasteiger partial charge in [-0.1, -0.05) is 18.2 Å². The predicted octanol–water partition coefficient (Wildman–Crippen LogP) is 2.33. The highest BCUT2D eigenvalue weighted by Gasteiger charge is 2.41. The Morgan fingerprint density at radius 2 is 2.17 bits per heavy atom. The van der Waals surface area contributed by atoms with Gasteiger partial charge in [-0.2, -0.15) is 0 Å². The largest absolute Gasteiger partial charge is 0.494 e. The number of benzene rings is 1. The van der Waals surface area contributed by atoms with E-state index in [0.717, 1.165) is 37.6 Å². The molecule has 2 saturated heterocycles. The third kappa shape index (κ3) is 4.61. The van der Waals surface area contributed by atoms with Crippen LogP contribution < -0.4 is 15.4 Å². The smallest absolute Gasteiger partial charge is 0.191 e. The minimum atomic E-state index is 0.366. The summed E-state index contributed by atoms with van der Waals surface area (Å²) in [5, 5.41) is 6.85. The fourth-order valence-electron chi connectivity index (χ4n) is 3.25. The van der Waals surface area contributed by atoms with Crippen LogP contribution in [0.1, 0.15) is 32.6 Å². The maximum absolute atomic E-state index is 5.89. The fraction of sp³-hybridized carbons (Fsp3) is 0.611. The molecule has 0 aliphatic carbocycles. The Morgan fingerprint density at radius 1 is 1.30 bits per heavy atom. The monoisotopic (exact) mass is 317 g/mol. The number of ether oxygens (including phenoxy) is 2. The second-order valence-electron chi connectivity index (χ2n) is 6.14. The highest BCUT2D eigenvalue weighted by Crippen LogP contribution is 2.34. The van der Waals surface area contributed by atoms with Crippen molar-refractivity contribution >= 4 is 5.96 Å². The Morgan fingerprint density at radius 3 is 2.87 bits per heavy atom. The number of guanidine groups is 1. The van der Waals surface area contributed by atoms with Crippen molar-refractivity contribution in [3.05, 3.63) is 30.3 Å². The van der Waals surface area contributed by atoms with E-state index in [-0.39, 0.29) is 0 Å². The molecule has 0 aromatic heterocycles. The van der Waals surface area contributed by atoms with Gasteiger partial charge in [-0.15, -0.1) is 0 Å². The van der Waals surface area contributed by atoms with Gasteiger partial charge in [0.1, 0.15) is 5.75 Å². The van der Waals surface area contributed by atoms with E-state index in [9.17, 15) is 0 Å². The van der Waals surface area contributed by atoms with E-state index >= 15 is 0 Å². The van der Waals surface area contributed by atoms with Crippen molar-refractivity contribution in [1.82, 2.24) is 10.6 Å². The van der Waals surface area contributed by atoms with Crippen LogP contribution >= 0.6 is 0 Å². The first-order valence-electron chi connectivity index (χ1n) is 8.73. The molecule has 0 radical (unpaired) electrons. The summed E-state index contributed by atoms with van der Waals surface area (Å²) in [5.41, 5.74) is 0. The van der Waals surface area contributed by atoms with Gasteiger partial charge in [-0.25, -0.2) is 0 Å². The van der Waals surface area contributed by atoms with Crippen molar-refractivity contribution in [1.29, 1.82) is 0 Å². The minimum absolute atomic E-state index is 0.366. The second kappa shape index (κ2) is 8.20. The summed E-state index contributed by atoms with van der Waals surface area (Å²) in [7, 11) is 0. The zero-order valence-electron chi connectivity index (χ0n) is 13.8. The van der Waals surface area contributed by atoms with Gasteiger partial charge in [0.25, 0.3) is 0 Å². The average molecular weight is 317 g/mol. The van der Waals surface area contributed by atoms with E-state index in [0.29, 0.717) is 24.9 Å². The lowest BCUT2D eigenvalue weighted by Gasteiger charge is -2.22. The van der Waals surface area contributed by atoms with Gasteiger partial charge in [0.15, 0.2) is 5.96 Å². The van der Waals surface area contributed by atoms with Gasteiger partial charge >= 0.3 is 0 Å². The first-order chi connectivity index (χ1) is 11.3. The van der Waals surface area contributed by atoms with Crippen molar-refractivity contribution in [3.63, 3.8) is 0 Å². The lowest BCUT2D eigenvalue weighted by molar-refractivity contribution is 0.0992. The Bertz CT molecular complexity index is 506. The molecular weight excluding hydrogens is 290 g/mol. The van der Waals surface area contributed by atoms with Crippen LogP contribution in [0.15, 0.2) is 35.3 Å². The van der Waals surface area contributed by atoms with E-state index < -0.39 is 0 Å². The fourth-order valence-corrected chi connectivity index (χ4v) is 3.25. The molecule has 2 heterocycles. The van der Waals surface area contributed by atoms with Gasteiger partial charge in [0.05, 0.1) is 24.9 Å². The zero-order chi connectivity index (χ0) is 15.9. The van der Waals surface area contributed by atoms with Crippen molar-refractivity contribution in [2.45, 2.75) is 50.9 Å².